The Morgan fingerprint density at radius 2 is 1.68 bits per heavy atom. The second kappa shape index (κ2) is 11.8. The molecule has 0 aromatic heterocycles. The molecule has 1 fully saturated rings. The quantitative estimate of drug-likeness (QED) is 0.280. The highest BCUT2D eigenvalue weighted by Gasteiger charge is 2.29. The number of nitrogens with zero attached hydrogens (tertiary/aromatic N) is 1. The van der Waals surface area contributed by atoms with E-state index in [2.05, 4.69) is 14.8 Å². The van der Waals surface area contributed by atoms with Gasteiger partial charge in [0.25, 0.3) is 0 Å². The van der Waals surface area contributed by atoms with E-state index >= 15 is 0 Å². The highest BCUT2D eigenvalue weighted by atomic mass is 32.2. The summed E-state index contributed by atoms with van der Waals surface area (Å²) >= 11 is 5.30. The minimum atomic E-state index is -4.07. The van der Waals surface area contributed by atoms with Gasteiger partial charge in [0.2, 0.25) is 19.9 Å². The average molecular weight is 572 g/mol. The van der Waals surface area contributed by atoms with Crippen LogP contribution in [0.3, 0.4) is 0 Å². The highest BCUT2D eigenvalue weighted by Crippen LogP contribution is 2.30. The van der Waals surface area contributed by atoms with Crippen LogP contribution in [0, 0.1) is 5.82 Å². The fourth-order valence-corrected chi connectivity index (χ4v) is 7.27. The largest absolute Gasteiger partial charge is 0.468 e. The van der Waals surface area contributed by atoms with Gasteiger partial charge in [0.05, 0.1) is 21.8 Å². The van der Waals surface area contributed by atoms with E-state index in [0.717, 1.165) is 30.3 Å². The van der Waals surface area contributed by atoms with Crippen LogP contribution in [0.2, 0.25) is 0 Å². The van der Waals surface area contributed by atoms with E-state index in [1.807, 2.05) is 18.7 Å². The molecule has 1 aliphatic heterocycles. The van der Waals surface area contributed by atoms with Crippen LogP contribution < -0.4 is 10.0 Å². The predicted octanol–water partition coefficient (Wildman–Crippen LogP) is 2.57. The minimum Gasteiger partial charge on any atom is -0.468 e. The van der Waals surface area contributed by atoms with Crippen molar-refractivity contribution in [3.63, 3.8) is 0 Å². The number of methoxy groups -OCH3 is 1. The molecule has 1 saturated heterocycles. The number of benzene rings is 2. The number of carbonyl (C=O) groups is 1. The fourth-order valence-electron chi connectivity index (χ4n) is 3.96. The standard InChI is InChI=1S/C24H30FN3O6S3/c1-16(2)21-9-8-20(36(30,31)19-6-4-17(25)5-7-19)14-22(21)37(32,33)27-18-10-12-28(13-11-18)24(35)26-15-23(29)34-3/h4-9,14,16,18,27H,10-13,15H2,1-3H3,(H,26,35). The number of hydrogen-bond donors (Lipinski definition) is 2. The number of likely N-dealkylation sites (tertiary alicyclic amines) is 1. The number of carbonyl (C=O) groups excluding carboxylic acids is 1. The maximum atomic E-state index is 13.5. The van der Waals surface area contributed by atoms with Crippen molar-refractivity contribution >= 4 is 43.2 Å². The second-order valence-corrected chi connectivity index (χ2v) is 12.9. The van der Waals surface area contributed by atoms with Crippen molar-refractivity contribution in [3.05, 3.63) is 53.8 Å². The van der Waals surface area contributed by atoms with Gasteiger partial charge in [-0.15, -0.1) is 0 Å². The van der Waals surface area contributed by atoms with Gasteiger partial charge in [-0.05, 0) is 72.9 Å². The molecule has 3 rings (SSSR count). The fraction of sp³-hybridized carbons (Fsp3) is 0.417. The van der Waals surface area contributed by atoms with Crippen LogP contribution >= 0.6 is 12.2 Å². The van der Waals surface area contributed by atoms with Gasteiger partial charge in [-0.2, -0.15) is 0 Å². The Bertz CT molecular complexity index is 1350. The van der Waals surface area contributed by atoms with E-state index < -0.39 is 31.6 Å². The van der Waals surface area contributed by atoms with Gasteiger partial charge in [-0.3, -0.25) is 4.79 Å². The van der Waals surface area contributed by atoms with Gasteiger partial charge >= 0.3 is 5.97 Å². The number of ether oxygens (including phenoxy) is 1. The molecular formula is C24H30FN3O6S3. The number of sulfone groups is 1. The van der Waals surface area contributed by atoms with Crippen LogP contribution in [0.4, 0.5) is 4.39 Å². The zero-order valence-electron chi connectivity index (χ0n) is 20.7. The topological polar surface area (TPSA) is 122 Å². The summed E-state index contributed by atoms with van der Waals surface area (Å²) in [5, 5.41) is 3.20. The molecule has 0 saturated carbocycles. The Hall–Kier alpha value is -2.61. The summed E-state index contributed by atoms with van der Waals surface area (Å²) in [6.07, 6.45) is 0.924. The summed E-state index contributed by atoms with van der Waals surface area (Å²) in [7, 11) is -6.86. The normalized spacial score (nSPS) is 15.0. The van der Waals surface area contributed by atoms with Crippen LogP contribution in [-0.4, -0.2) is 65.6 Å². The van der Waals surface area contributed by atoms with Crippen molar-refractivity contribution < 1.29 is 30.8 Å². The van der Waals surface area contributed by atoms with Crippen LogP contribution in [0.15, 0.2) is 57.2 Å². The van der Waals surface area contributed by atoms with Crippen LogP contribution in [0.5, 0.6) is 0 Å². The van der Waals surface area contributed by atoms with Crippen LogP contribution in [0.1, 0.15) is 38.2 Å². The number of halogens is 1. The van der Waals surface area contributed by atoms with Gasteiger partial charge in [-0.25, -0.2) is 25.9 Å². The average Bonchev–Trinajstić information content (AvgIpc) is 2.87. The molecule has 2 N–H and O–H groups in total. The molecule has 1 heterocycles. The van der Waals surface area contributed by atoms with Crippen molar-refractivity contribution in [2.75, 3.05) is 26.7 Å². The molecule has 2 aromatic rings. The molecule has 13 heteroatoms. The maximum absolute atomic E-state index is 13.5. The molecule has 9 nitrogen and oxygen atoms in total. The monoisotopic (exact) mass is 571 g/mol. The first-order chi connectivity index (χ1) is 17.3. The minimum absolute atomic E-state index is 0.0585. The smallest absolute Gasteiger partial charge is 0.325 e. The van der Waals surface area contributed by atoms with Gasteiger partial charge in [0.1, 0.15) is 12.4 Å². The molecule has 0 unspecified atom stereocenters. The molecule has 37 heavy (non-hydrogen) atoms. The van der Waals surface area contributed by atoms with E-state index in [4.69, 9.17) is 12.2 Å². The SMILES string of the molecule is COC(=O)CNC(=S)N1CCC(NS(=O)(=O)c2cc(S(=O)(=O)c3ccc(F)cc3)ccc2C(C)C)CC1. The van der Waals surface area contributed by atoms with Crippen molar-refractivity contribution in [1.29, 1.82) is 0 Å². The van der Waals surface area contributed by atoms with E-state index in [1.165, 1.54) is 19.2 Å². The lowest BCUT2D eigenvalue weighted by Gasteiger charge is -2.34. The van der Waals surface area contributed by atoms with Gasteiger partial charge in [0.15, 0.2) is 5.11 Å². The second-order valence-electron chi connectivity index (χ2n) is 8.93. The number of piperidine rings is 1. The number of hydrogen-bond acceptors (Lipinski definition) is 7. The molecule has 0 radical (unpaired) electrons. The Balaban J connectivity index is 1.79. The third kappa shape index (κ3) is 7.03. The molecule has 0 spiro atoms. The summed E-state index contributed by atoms with van der Waals surface area (Å²) in [6, 6.07) is 8.02. The Labute approximate surface area is 222 Å². The third-order valence-electron chi connectivity index (χ3n) is 6.05. The van der Waals surface area contributed by atoms with Crippen molar-refractivity contribution in [1.82, 2.24) is 14.9 Å². The lowest BCUT2D eigenvalue weighted by atomic mass is 10.0. The lowest BCUT2D eigenvalue weighted by molar-refractivity contribution is -0.139. The van der Waals surface area contributed by atoms with Gasteiger partial charge < -0.3 is 15.0 Å². The zero-order chi connectivity index (χ0) is 27.4. The summed E-state index contributed by atoms with van der Waals surface area (Å²) in [5.74, 6) is -1.21. The van der Waals surface area contributed by atoms with E-state index in [1.54, 1.807) is 0 Å². The van der Waals surface area contributed by atoms with Crippen LogP contribution in [0.25, 0.3) is 0 Å². The number of nitrogens with one attached hydrogen (secondary N) is 2. The van der Waals surface area contributed by atoms with E-state index in [9.17, 15) is 26.0 Å². The first-order valence-electron chi connectivity index (χ1n) is 11.6. The summed E-state index contributed by atoms with van der Waals surface area (Å²) in [6.45, 7) is 4.52. The molecule has 0 amide bonds. The van der Waals surface area contributed by atoms with Gasteiger partial charge in [-0.1, -0.05) is 19.9 Å². The van der Waals surface area contributed by atoms with Crippen molar-refractivity contribution in [3.8, 4) is 0 Å². The summed E-state index contributed by atoms with van der Waals surface area (Å²) < 4.78 is 73.7. The molecule has 1 aliphatic rings. The number of thiocarbonyl (C=S) groups is 1. The van der Waals surface area contributed by atoms with Gasteiger partial charge in [0, 0.05) is 19.1 Å². The summed E-state index contributed by atoms with van der Waals surface area (Å²) in [5.41, 5.74) is 0.483. The summed E-state index contributed by atoms with van der Waals surface area (Å²) in [4.78, 5) is 12.7. The molecule has 202 valence electrons. The first-order valence-corrected chi connectivity index (χ1v) is 15.0. The van der Waals surface area contributed by atoms with E-state index in [0.29, 0.717) is 36.6 Å². The Morgan fingerprint density at radius 3 is 2.24 bits per heavy atom. The van der Waals surface area contributed by atoms with Crippen molar-refractivity contribution in [2.24, 2.45) is 0 Å². The zero-order valence-corrected chi connectivity index (χ0v) is 23.2. The Kier molecular flexibility index (Phi) is 9.27. The molecule has 2 aromatic carbocycles. The highest BCUT2D eigenvalue weighted by molar-refractivity contribution is 7.91. The number of rotatable bonds is 8. The lowest BCUT2D eigenvalue weighted by Crippen LogP contribution is -2.50. The molecule has 0 atom stereocenters. The molecule has 0 aliphatic carbocycles. The number of sulfonamides is 1. The maximum Gasteiger partial charge on any atom is 0.325 e. The third-order valence-corrected chi connectivity index (χ3v) is 9.79. The Morgan fingerprint density at radius 1 is 1.08 bits per heavy atom. The number of esters is 1. The first kappa shape index (κ1) is 29.0. The molecule has 0 bridgehead atoms. The van der Waals surface area contributed by atoms with Crippen LogP contribution in [-0.2, 0) is 29.4 Å². The van der Waals surface area contributed by atoms with E-state index in [-0.39, 0.29) is 33.2 Å². The van der Waals surface area contributed by atoms with Crippen molar-refractivity contribution in [2.45, 2.75) is 53.3 Å². The predicted molar refractivity (Wildman–Crippen MR) is 140 cm³/mol. The molecular weight excluding hydrogens is 541 g/mol.